The van der Waals surface area contributed by atoms with Crippen molar-refractivity contribution in [2.24, 2.45) is 0 Å². The zero-order valence-corrected chi connectivity index (χ0v) is 15.5. The summed E-state index contributed by atoms with van der Waals surface area (Å²) in [5, 5.41) is 0. The van der Waals surface area contributed by atoms with Crippen molar-refractivity contribution >= 4 is 5.69 Å². The molecule has 1 N–H and O–H groups in total. The van der Waals surface area contributed by atoms with Gasteiger partial charge in [0.15, 0.2) is 0 Å². The highest BCUT2D eigenvalue weighted by Gasteiger charge is 2.32. The predicted molar refractivity (Wildman–Crippen MR) is 105 cm³/mol. The molecule has 27 heavy (non-hydrogen) atoms. The predicted octanol–water partition coefficient (Wildman–Crippen LogP) is 4.80. The van der Waals surface area contributed by atoms with Gasteiger partial charge in [-0.2, -0.15) is 0 Å². The second-order valence-corrected chi connectivity index (χ2v) is 6.75. The van der Waals surface area contributed by atoms with Gasteiger partial charge in [0.1, 0.15) is 11.6 Å². The van der Waals surface area contributed by atoms with E-state index >= 15 is 0 Å². The Morgan fingerprint density at radius 3 is 2.48 bits per heavy atom. The van der Waals surface area contributed by atoms with E-state index in [0.717, 1.165) is 34.9 Å². The van der Waals surface area contributed by atoms with Crippen molar-refractivity contribution in [1.82, 2.24) is 4.98 Å². The highest BCUT2D eigenvalue weighted by Crippen LogP contribution is 2.34. The number of morpholine rings is 1. The Labute approximate surface area is 158 Å². The SMILES string of the molecule is COc1ccc(-c2ccc(C3C(C)OCCN3c3ccc(F)cc3)[nH]2)cc1. The second kappa shape index (κ2) is 7.45. The van der Waals surface area contributed by atoms with Gasteiger partial charge in [0.05, 0.1) is 25.9 Å². The standard InChI is InChI=1S/C22H23FN2O2/c1-15-22(25(13-14-27-15)18-7-5-17(23)6-8-18)21-12-11-20(24-21)16-3-9-19(26-2)10-4-16/h3-12,15,22,24H,13-14H2,1-2H3. The van der Waals surface area contributed by atoms with Crippen LogP contribution < -0.4 is 9.64 Å². The maximum absolute atomic E-state index is 13.3. The highest BCUT2D eigenvalue weighted by molar-refractivity contribution is 5.61. The Morgan fingerprint density at radius 2 is 1.78 bits per heavy atom. The first-order valence-corrected chi connectivity index (χ1v) is 9.13. The normalized spacial score (nSPS) is 19.9. The Balaban J connectivity index is 1.64. The first kappa shape index (κ1) is 17.6. The minimum atomic E-state index is -0.224. The Hall–Kier alpha value is -2.79. The number of halogens is 1. The topological polar surface area (TPSA) is 37.5 Å². The molecule has 0 spiro atoms. The number of rotatable bonds is 4. The van der Waals surface area contributed by atoms with Crippen molar-refractivity contribution in [2.75, 3.05) is 25.2 Å². The zero-order chi connectivity index (χ0) is 18.8. The Bertz CT molecular complexity index is 889. The fourth-order valence-electron chi connectivity index (χ4n) is 3.69. The molecule has 1 aliphatic heterocycles. The molecule has 3 aromatic rings. The molecule has 0 amide bonds. The summed E-state index contributed by atoms with van der Waals surface area (Å²) in [5.41, 5.74) is 4.22. The van der Waals surface area contributed by atoms with Crippen LogP contribution in [0, 0.1) is 5.82 Å². The summed E-state index contributed by atoms with van der Waals surface area (Å²) in [6.07, 6.45) is 0.0196. The first-order valence-electron chi connectivity index (χ1n) is 9.13. The number of anilines is 1. The minimum absolute atomic E-state index is 0.0196. The molecule has 4 rings (SSSR count). The van der Waals surface area contributed by atoms with E-state index < -0.39 is 0 Å². The van der Waals surface area contributed by atoms with Crippen LogP contribution in [0.2, 0.25) is 0 Å². The van der Waals surface area contributed by atoms with Gasteiger partial charge < -0.3 is 19.4 Å². The minimum Gasteiger partial charge on any atom is -0.497 e. The number of H-pyrrole nitrogens is 1. The third kappa shape index (κ3) is 3.55. The monoisotopic (exact) mass is 366 g/mol. The molecule has 1 aliphatic rings. The third-order valence-electron chi connectivity index (χ3n) is 5.08. The van der Waals surface area contributed by atoms with E-state index in [-0.39, 0.29) is 18.0 Å². The quantitative estimate of drug-likeness (QED) is 0.721. The van der Waals surface area contributed by atoms with Crippen LogP contribution in [0.15, 0.2) is 60.7 Å². The summed E-state index contributed by atoms with van der Waals surface area (Å²) in [6, 6.07) is 18.9. The number of nitrogens with one attached hydrogen (secondary N) is 1. The number of hydrogen-bond donors (Lipinski definition) is 1. The summed E-state index contributed by atoms with van der Waals surface area (Å²) in [7, 11) is 1.66. The number of hydrogen-bond acceptors (Lipinski definition) is 3. The Morgan fingerprint density at radius 1 is 1.04 bits per heavy atom. The van der Waals surface area contributed by atoms with Gasteiger partial charge in [-0.05, 0) is 73.2 Å². The van der Waals surface area contributed by atoms with Gasteiger partial charge >= 0.3 is 0 Å². The van der Waals surface area contributed by atoms with Crippen molar-refractivity contribution in [3.05, 3.63) is 72.2 Å². The maximum Gasteiger partial charge on any atom is 0.123 e. The molecule has 140 valence electrons. The Kier molecular flexibility index (Phi) is 4.86. The van der Waals surface area contributed by atoms with Crippen LogP contribution in [0.3, 0.4) is 0 Å². The van der Waals surface area contributed by atoms with E-state index in [9.17, 15) is 4.39 Å². The van der Waals surface area contributed by atoms with Crippen molar-refractivity contribution in [1.29, 1.82) is 0 Å². The van der Waals surface area contributed by atoms with E-state index in [0.29, 0.717) is 6.61 Å². The van der Waals surface area contributed by atoms with Crippen molar-refractivity contribution < 1.29 is 13.9 Å². The van der Waals surface area contributed by atoms with Gasteiger partial charge in [-0.15, -0.1) is 0 Å². The van der Waals surface area contributed by atoms with Crippen molar-refractivity contribution in [2.45, 2.75) is 19.1 Å². The van der Waals surface area contributed by atoms with E-state index in [2.05, 4.69) is 28.9 Å². The number of aromatic nitrogens is 1. The highest BCUT2D eigenvalue weighted by atomic mass is 19.1. The van der Waals surface area contributed by atoms with Crippen LogP contribution in [0.25, 0.3) is 11.3 Å². The lowest BCUT2D eigenvalue weighted by atomic mass is 10.0. The maximum atomic E-state index is 13.3. The van der Waals surface area contributed by atoms with E-state index in [1.165, 1.54) is 12.1 Å². The van der Waals surface area contributed by atoms with Gasteiger partial charge in [0.25, 0.3) is 0 Å². The van der Waals surface area contributed by atoms with Crippen LogP contribution in [0.1, 0.15) is 18.7 Å². The summed E-state index contributed by atoms with van der Waals surface area (Å²) in [5.74, 6) is 0.612. The molecule has 0 bridgehead atoms. The fourth-order valence-corrected chi connectivity index (χ4v) is 3.69. The van der Waals surface area contributed by atoms with Crippen LogP contribution in [-0.2, 0) is 4.74 Å². The lowest BCUT2D eigenvalue weighted by molar-refractivity contribution is 0.0222. The summed E-state index contributed by atoms with van der Waals surface area (Å²) in [6.45, 7) is 3.49. The number of benzene rings is 2. The van der Waals surface area contributed by atoms with E-state index in [4.69, 9.17) is 9.47 Å². The average molecular weight is 366 g/mol. The molecule has 2 unspecified atom stereocenters. The van der Waals surface area contributed by atoms with Crippen LogP contribution in [-0.4, -0.2) is 31.3 Å². The van der Waals surface area contributed by atoms with Gasteiger partial charge in [0, 0.05) is 23.6 Å². The lowest BCUT2D eigenvalue weighted by Gasteiger charge is -2.41. The molecule has 0 aliphatic carbocycles. The smallest absolute Gasteiger partial charge is 0.123 e. The van der Waals surface area contributed by atoms with Crippen LogP contribution in [0.5, 0.6) is 5.75 Å². The average Bonchev–Trinajstić information content (AvgIpc) is 3.18. The molecule has 5 heteroatoms. The molecule has 0 radical (unpaired) electrons. The molecule has 2 atom stereocenters. The van der Waals surface area contributed by atoms with Gasteiger partial charge in [0.2, 0.25) is 0 Å². The summed E-state index contributed by atoms with van der Waals surface area (Å²) in [4.78, 5) is 5.82. The largest absolute Gasteiger partial charge is 0.497 e. The van der Waals surface area contributed by atoms with E-state index in [1.807, 2.05) is 36.4 Å². The zero-order valence-electron chi connectivity index (χ0n) is 15.5. The van der Waals surface area contributed by atoms with Crippen molar-refractivity contribution in [3.63, 3.8) is 0 Å². The van der Waals surface area contributed by atoms with Crippen molar-refractivity contribution in [3.8, 4) is 17.0 Å². The summed E-state index contributed by atoms with van der Waals surface area (Å²) < 4.78 is 24.5. The molecule has 1 aromatic heterocycles. The third-order valence-corrected chi connectivity index (χ3v) is 5.08. The summed E-state index contributed by atoms with van der Waals surface area (Å²) >= 11 is 0. The number of ether oxygens (including phenoxy) is 2. The molecule has 1 fully saturated rings. The molecule has 0 saturated carbocycles. The van der Waals surface area contributed by atoms with Crippen LogP contribution >= 0.6 is 0 Å². The number of nitrogens with zero attached hydrogens (tertiary/aromatic N) is 1. The van der Waals surface area contributed by atoms with Gasteiger partial charge in [-0.25, -0.2) is 4.39 Å². The number of aromatic amines is 1. The van der Waals surface area contributed by atoms with Crippen LogP contribution in [0.4, 0.5) is 10.1 Å². The molecule has 2 heterocycles. The first-order chi connectivity index (χ1) is 13.2. The molecular formula is C22H23FN2O2. The molecular weight excluding hydrogens is 343 g/mol. The number of methoxy groups -OCH3 is 1. The second-order valence-electron chi connectivity index (χ2n) is 6.75. The molecule has 4 nitrogen and oxygen atoms in total. The lowest BCUT2D eigenvalue weighted by Crippen LogP contribution is -2.44. The van der Waals surface area contributed by atoms with Gasteiger partial charge in [-0.3, -0.25) is 0 Å². The van der Waals surface area contributed by atoms with E-state index in [1.54, 1.807) is 7.11 Å². The molecule has 1 saturated heterocycles. The fraction of sp³-hybridized carbons (Fsp3) is 0.273. The molecule has 2 aromatic carbocycles. The van der Waals surface area contributed by atoms with Gasteiger partial charge in [-0.1, -0.05) is 0 Å².